The van der Waals surface area contributed by atoms with Crippen LogP contribution in [0, 0.1) is 0 Å². The third-order valence-electron chi connectivity index (χ3n) is 5.18. The fourth-order valence-corrected chi connectivity index (χ4v) is 3.31. The molecule has 1 amide bonds. The van der Waals surface area contributed by atoms with Crippen LogP contribution in [0.5, 0.6) is 0 Å². The second kappa shape index (κ2) is 9.21. The van der Waals surface area contributed by atoms with Crippen LogP contribution in [0.3, 0.4) is 0 Å². The minimum atomic E-state index is -0.145. The Bertz CT molecular complexity index is 1030. The van der Waals surface area contributed by atoms with Crippen molar-refractivity contribution in [2.45, 2.75) is 45.1 Å². The van der Waals surface area contributed by atoms with Gasteiger partial charge in [-0.25, -0.2) is 4.52 Å². The lowest BCUT2D eigenvalue weighted by Crippen LogP contribution is -2.32. The normalized spacial score (nSPS) is 15.0. The Balaban J connectivity index is 0.000000377. The molecule has 1 fully saturated rings. The van der Waals surface area contributed by atoms with Crippen LogP contribution in [-0.2, 0) is 9.53 Å². The van der Waals surface area contributed by atoms with Crippen molar-refractivity contribution in [3.05, 3.63) is 52.7 Å². The number of hydrogen-bond donors (Lipinski definition) is 1. The second-order valence-corrected chi connectivity index (χ2v) is 8.32. The zero-order chi connectivity index (χ0) is 21.7. The van der Waals surface area contributed by atoms with Crippen molar-refractivity contribution in [2.75, 3.05) is 20.2 Å². The molecule has 0 spiro atoms. The number of amides is 1. The number of methoxy groups -OCH3 is 1. The number of aromatic amines is 1. The summed E-state index contributed by atoms with van der Waals surface area (Å²) in [6.45, 7) is 7.47. The zero-order valence-corrected chi connectivity index (χ0v) is 18.0. The monoisotopic (exact) mass is 411 g/mol. The first-order chi connectivity index (χ1) is 14.3. The van der Waals surface area contributed by atoms with Gasteiger partial charge in [-0.1, -0.05) is 6.07 Å². The molecule has 0 aromatic carbocycles. The Kier molecular flexibility index (Phi) is 6.66. The summed E-state index contributed by atoms with van der Waals surface area (Å²) < 4.78 is 6.74. The van der Waals surface area contributed by atoms with Gasteiger partial charge in [-0.3, -0.25) is 14.6 Å². The average Bonchev–Trinajstić information content (AvgIpc) is 3.17. The Hall–Kier alpha value is -3.00. The summed E-state index contributed by atoms with van der Waals surface area (Å²) in [4.78, 5) is 32.0. The molecule has 0 aliphatic carbocycles. The first-order valence-corrected chi connectivity index (χ1v) is 10.1. The van der Waals surface area contributed by atoms with E-state index in [1.54, 1.807) is 35.0 Å². The number of carbonyl (C=O) groups is 1. The molecule has 8 heteroatoms. The van der Waals surface area contributed by atoms with E-state index >= 15 is 0 Å². The van der Waals surface area contributed by atoms with E-state index in [0.29, 0.717) is 18.7 Å². The molecule has 3 aromatic rings. The molecule has 0 bridgehead atoms. The van der Waals surface area contributed by atoms with E-state index in [1.807, 2.05) is 39.0 Å². The Morgan fingerprint density at radius 1 is 1.23 bits per heavy atom. The van der Waals surface area contributed by atoms with Crippen molar-refractivity contribution in [3.8, 4) is 11.3 Å². The topological polar surface area (TPSA) is 92.6 Å². The summed E-state index contributed by atoms with van der Waals surface area (Å²) in [5.41, 5.74) is 3.03. The highest BCUT2D eigenvalue weighted by molar-refractivity contribution is 5.74. The zero-order valence-electron chi connectivity index (χ0n) is 18.0. The molecule has 3 aromatic heterocycles. The first kappa shape index (κ1) is 21.7. The molecule has 160 valence electrons. The molecule has 0 atom stereocenters. The molecule has 4 rings (SSSR count). The first-order valence-electron chi connectivity index (χ1n) is 10.1. The standard InChI is InChI=1S/C17H17N5O2.C5H12O/c23-11-21-7-4-12(5-8-21)15-9-16(24)20-17-13(10-19-22(15)17)14-3-1-2-6-18-14;1-5(2,3)6-4/h1-3,6,9-12H,4-5,7-8H2,(H,20,24);1-4H3. The third-order valence-corrected chi connectivity index (χ3v) is 5.18. The van der Waals surface area contributed by atoms with E-state index in [0.717, 1.165) is 36.2 Å². The van der Waals surface area contributed by atoms with Gasteiger partial charge in [0.25, 0.3) is 5.56 Å². The number of likely N-dealkylation sites (tertiary alicyclic amines) is 1. The number of fused-ring (bicyclic) bond motifs is 1. The van der Waals surface area contributed by atoms with E-state index in [2.05, 4.69) is 15.1 Å². The summed E-state index contributed by atoms with van der Waals surface area (Å²) in [5.74, 6) is 0.211. The number of ether oxygens (including phenoxy) is 1. The van der Waals surface area contributed by atoms with Crippen LogP contribution in [0.4, 0.5) is 0 Å². The summed E-state index contributed by atoms with van der Waals surface area (Å²) in [5, 5.41) is 4.47. The van der Waals surface area contributed by atoms with Crippen molar-refractivity contribution >= 4 is 12.1 Å². The number of piperidine rings is 1. The number of H-pyrrole nitrogens is 1. The highest BCUT2D eigenvalue weighted by Gasteiger charge is 2.23. The summed E-state index contributed by atoms with van der Waals surface area (Å²) in [7, 11) is 1.71. The van der Waals surface area contributed by atoms with E-state index in [9.17, 15) is 9.59 Å². The Labute approximate surface area is 175 Å². The van der Waals surface area contributed by atoms with Crippen molar-refractivity contribution in [3.63, 3.8) is 0 Å². The summed E-state index contributed by atoms with van der Waals surface area (Å²) in [6, 6.07) is 7.27. The van der Waals surface area contributed by atoms with Crippen molar-refractivity contribution < 1.29 is 9.53 Å². The Morgan fingerprint density at radius 2 is 1.93 bits per heavy atom. The lowest BCUT2D eigenvalue weighted by atomic mass is 9.93. The van der Waals surface area contributed by atoms with Gasteiger partial charge in [0.1, 0.15) is 5.65 Å². The molecule has 0 radical (unpaired) electrons. The SMILES string of the molecule is COC(C)(C)C.O=CN1CCC(c2cc(=O)[nH]c3c(-c4ccccn4)cnn23)CC1. The summed E-state index contributed by atoms with van der Waals surface area (Å²) >= 11 is 0. The van der Waals surface area contributed by atoms with Crippen LogP contribution in [0.15, 0.2) is 41.5 Å². The van der Waals surface area contributed by atoms with E-state index in [-0.39, 0.29) is 17.1 Å². The lowest BCUT2D eigenvalue weighted by molar-refractivity contribution is -0.119. The number of nitrogens with zero attached hydrogens (tertiary/aromatic N) is 4. The van der Waals surface area contributed by atoms with Crippen molar-refractivity contribution in [2.24, 2.45) is 0 Å². The smallest absolute Gasteiger partial charge is 0.251 e. The Morgan fingerprint density at radius 3 is 2.50 bits per heavy atom. The van der Waals surface area contributed by atoms with Gasteiger partial charge in [-0.15, -0.1) is 0 Å². The van der Waals surface area contributed by atoms with Gasteiger partial charge in [0.05, 0.1) is 28.7 Å². The van der Waals surface area contributed by atoms with Crippen LogP contribution < -0.4 is 5.56 Å². The molecule has 1 N–H and O–H groups in total. The van der Waals surface area contributed by atoms with Crippen LogP contribution in [0.25, 0.3) is 16.9 Å². The number of aromatic nitrogens is 4. The van der Waals surface area contributed by atoms with Gasteiger partial charge in [-0.05, 0) is 45.7 Å². The maximum absolute atomic E-state index is 12.2. The number of carbonyl (C=O) groups excluding carboxylic acids is 1. The molecule has 1 aliphatic rings. The minimum absolute atomic E-state index is 0.0417. The largest absolute Gasteiger partial charge is 0.379 e. The molecule has 4 heterocycles. The molecular formula is C22H29N5O3. The van der Waals surface area contributed by atoms with Gasteiger partial charge in [0, 0.05) is 38.4 Å². The predicted molar refractivity (Wildman–Crippen MR) is 115 cm³/mol. The number of nitrogens with one attached hydrogen (secondary N) is 1. The molecule has 30 heavy (non-hydrogen) atoms. The molecular weight excluding hydrogens is 382 g/mol. The molecule has 1 saturated heterocycles. The quantitative estimate of drug-likeness (QED) is 0.669. The molecule has 0 unspecified atom stereocenters. The van der Waals surface area contributed by atoms with Crippen LogP contribution in [0.2, 0.25) is 0 Å². The number of pyridine rings is 1. The minimum Gasteiger partial charge on any atom is -0.379 e. The van der Waals surface area contributed by atoms with Crippen LogP contribution >= 0.6 is 0 Å². The maximum Gasteiger partial charge on any atom is 0.251 e. The van der Waals surface area contributed by atoms with Gasteiger partial charge in [0.2, 0.25) is 6.41 Å². The molecule has 0 saturated carbocycles. The second-order valence-electron chi connectivity index (χ2n) is 8.32. The lowest BCUT2D eigenvalue weighted by Gasteiger charge is -2.29. The van der Waals surface area contributed by atoms with Gasteiger partial charge >= 0.3 is 0 Å². The van der Waals surface area contributed by atoms with E-state index in [4.69, 9.17) is 4.74 Å². The van der Waals surface area contributed by atoms with E-state index < -0.39 is 0 Å². The fourth-order valence-electron chi connectivity index (χ4n) is 3.31. The molecule has 1 aliphatic heterocycles. The number of rotatable bonds is 3. The van der Waals surface area contributed by atoms with Gasteiger partial charge in [0.15, 0.2) is 0 Å². The third kappa shape index (κ3) is 5.13. The predicted octanol–water partition coefficient (Wildman–Crippen LogP) is 2.85. The highest BCUT2D eigenvalue weighted by atomic mass is 16.5. The fraction of sp³-hybridized carbons (Fsp3) is 0.455. The van der Waals surface area contributed by atoms with E-state index in [1.165, 1.54) is 0 Å². The van der Waals surface area contributed by atoms with Crippen LogP contribution in [-0.4, -0.2) is 56.7 Å². The average molecular weight is 412 g/mol. The van der Waals surface area contributed by atoms with Crippen molar-refractivity contribution in [1.29, 1.82) is 0 Å². The number of hydrogen-bond acceptors (Lipinski definition) is 5. The molecule has 8 nitrogen and oxygen atoms in total. The van der Waals surface area contributed by atoms with Crippen molar-refractivity contribution in [1.82, 2.24) is 24.5 Å². The maximum atomic E-state index is 12.2. The summed E-state index contributed by atoms with van der Waals surface area (Å²) in [6.07, 6.45) is 6.00. The highest BCUT2D eigenvalue weighted by Crippen LogP contribution is 2.29. The van der Waals surface area contributed by atoms with Gasteiger partial charge < -0.3 is 14.6 Å². The van der Waals surface area contributed by atoms with Crippen LogP contribution in [0.1, 0.15) is 45.2 Å². The van der Waals surface area contributed by atoms with Gasteiger partial charge in [-0.2, -0.15) is 5.10 Å².